The first-order valence-electron chi connectivity index (χ1n) is 11.1. The van der Waals surface area contributed by atoms with Crippen molar-refractivity contribution in [2.75, 3.05) is 26.2 Å². The largest absolute Gasteiger partial charge is 0.340 e. The van der Waals surface area contributed by atoms with E-state index in [1.54, 1.807) is 17.0 Å². The van der Waals surface area contributed by atoms with Crippen LogP contribution < -0.4 is 5.32 Å². The molecule has 1 N–H and O–H groups in total. The van der Waals surface area contributed by atoms with Crippen molar-refractivity contribution in [3.63, 3.8) is 0 Å². The van der Waals surface area contributed by atoms with Gasteiger partial charge in [-0.3, -0.25) is 14.4 Å². The smallest absolute Gasteiger partial charge is 0.253 e. The molecule has 0 spiro atoms. The molecule has 2 aromatic carbocycles. The van der Waals surface area contributed by atoms with E-state index in [1.165, 1.54) is 6.07 Å². The Morgan fingerprint density at radius 3 is 2.18 bits per heavy atom. The normalized spacial score (nSPS) is 14.8. The lowest BCUT2D eigenvalue weighted by Crippen LogP contribution is -2.56. The molecule has 1 saturated heterocycles. The van der Waals surface area contributed by atoms with E-state index in [0.29, 0.717) is 50.0 Å². The highest BCUT2D eigenvalue weighted by atomic mass is 35.5. The lowest BCUT2D eigenvalue weighted by atomic mass is 10.0. The van der Waals surface area contributed by atoms with E-state index in [0.717, 1.165) is 5.56 Å². The number of hydrogen-bond donors (Lipinski definition) is 1. The predicted molar refractivity (Wildman–Crippen MR) is 130 cm³/mol. The Morgan fingerprint density at radius 1 is 0.939 bits per heavy atom. The molecule has 8 heteroatoms. The molecule has 0 unspecified atom stereocenters. The van der Waals surface area contributed by atoms with Crippen molar-refractivity contribution in [3.05, 3.63) is 69.7 Å². The molecule has 1 atom stereocenters. The SMILES string of the molecule is CC(C)CC(=O)N1CCN(C(=O)[C@@H](Cc2ccccc2)NC(=O)c2ccc(Cl)cc2Cl)CC1. The molecule has 0 aliphatic carbocycles. The van der Waals surface area contributed by atoms with Crippen molar-refractivity contribution in [2.45, 2.75) is 32.7 Å². The Labute approximate surface area is 204 Å². The molecule has 1 fully saturated rings. The Morgan fingerprint density at radius 2 is 1.58 bits per heavy atom. The van der Waals surface area contributed by atoms with Crippen molar-refractivity contribution in [1.29, 1.82) is 0 Å². The van der Waals surface area contributed by atoms with E-state index in [-0.39, 0.29) is 22.4 Å². The van der Waals surface area contributed by atoms with Crippen LogP contribution in [0.25, 0.3) is 0 Å². The van der Waals surface area contributed by atoms with Gasteiger partial charge in [-0.05, 0) is 29.7 Å². The summed E-state index contributed by atoms with van der Waals surface area (Å²) >= 11 is 12.1. The van der Waals surface area contributed by atoms with Crippen LogP contribution in [0.5, 0.6) is 0 Å². The topological polar surface area (TPSA) is 69.7 Å². The molecule has 33 heavy (non-hydrogen) atoms. The molecule has 176 valence electrons. The number of carbonyl (C=O) groups excluding carboxylic acids is 3. The van der Waals surface area contributed by atoms with E-state index in [9.17, 15) is 14.4 Å². The highest BCUT2D eigenvalue weighted by Gasteiger charge is 2.30. The average Bonchev–Trinajstić information content (AvgIpc) is 2.78. The van der Waals surface area contributed by atoms with Crippen LogP contribution in [0.3, 0.4) is 0 Å². The number of rotatable bonds is 7. The van der Waals surface area contributed by atoms with Gasteiger partial charge in [0.2, 0.25) is 11.8 Å². The van der Waals surface area contributed by atoms with Crippen molar-refractivity contribution < 1.29 is 14.4 Å². The van der Waals surface area contributed by atoms with Gasteiger partial charge in [-0.15, -0.1) is 0 Å². The molecule has 1 heterocycles. The van der Waals surface area contributed by atoms with Gasteiger partial charge in [-0.1, -0.05) is 67.4 Å². The molecular weight excluding hydrogens is 461 g/mol. The number of amides is 3. The first-order chi connectivity index (χ1) is 15.7. The van der Waals surface area contributed by atoms with Gasteiger partial charge in [0.1, 0.15) is 6.04 Å². The minimum Gasteiger partial charge on any atom is -0.340 e. The Kier molecular flexibility index (Phi) is 8.75. The number of benzene rings is 2. The summed E-state index contributed by atoms with van der Waals surface area (Å²) in [6.07, 6.45) is 0.853. The van der Waals surface area contributed by atoms with Crippen molar-refractivity contribution in [1.82, 2.24) is 15.1 Å². The van der Waals surface area contributed by atoms with Gasteiger partial charge in [0.05, 0.1) is 10.6 Å². The molecule has 6 nitrogen and oxygen atoms in total. The molecular formula is C25H29Cl2N3O3. The second kappa shape index (κ2) is 11.5. The average molecular weight is 490 g/mol. The fraction of sp³-hybridized carbons (Fsp3) is 0.400. The maximum Gasteiger partial charge on any atom is 0.253 e. The van der Waals surface area contributed by atoms with E-state index >= 15 is 0 Å². The second-order valence-corrected chi connectivity index (χ2v) is 9.49. The third kappa shape index (κ3) is 6.95. The van der Waals surface area contributed by atoms with Crippen LogP contribution in [0.15, 0.2) is 48.5 Å². The number of nitrogens with zero attached hydrogens (tertiary/aromatic N) is 2. The van der Waals surface area contributed by atoms with Crippen molar-refractivity contribution in [3.8, 4) is 0 Å². The fourth-order valence-electron chi connectivity index (χ4n) is 3.83. The number of nitrogens with one attached hydrogen (secondary N) is 1. The fourth-order valence-corrected chi connectivity index (χ4v) is 4.33. The maximum atomic E-state index is 13.4. The summed E-state index contributed by atoms with van der Waals surface area (Å²) in [7, 11) is 0. The summed E-state index contributed by atoms with van der Waals surface area (Å²) in [6.45, 7) is 5.89. The van der Waals surface area contributed by atoms with Gasteiger partial charge >= 0.3 is 0 Å². The summed E-state index contributed by atoms with van der Waals surface area (Å²) < 4.78 is 0. The quantitative estimate of drug-likeness (QED) is 0.637. The molecule has 2 aromatic rings. The van der Waals surface area contributed by atoms with Crippen molar-refractivity contribution in [2.24, 2.45) is 5.92 Å². The molecule has 3 rings (SSSR count). The third-order valence-electron chi connectivity index (χ3n) is 5.59. The number of hydrogen-bond acceptors (Lipinski definition) is 3. The first-order valence-corrected chi connectivity index (χ1v) is 11.9. The van der Waals surface area contributed by atoms with Gasteiger partial charge in [-0.2, -0.15) is 0 Å². The zero-order valence-electron chi connectivity index (χ0n) is 18.9. The zero-order chi connectivity index (χ0) is 24.0. The van der Waals surface area contributed by atoms with Crippen LogP contribution in [0.4, 0.5) is 0 Å². The van der Waals surface area contributed by atoms with Crippen molar-refractivity contribution >= 4 is 40.9 Å². The van der Waals surface area contributed by atoms with Gasteiger partial charge < -0.3 is 15.1 Å². The van der Waals surface area contributed by atoms with Gasteiger partial charge in [0.25, 0.3) is 5.91 Å². The van der Waals surface area contributed by atoms with Crippen LogP contribution in [0, 0.1) is 5.92 Å². The van der Waals surface area contributed by atoms with Crippen LogP contribution >= 0.6 is 23.2 Å². The zero-order valence-corrected chi connectivity index (χ0v) is 20.4. The van der Waals surface area contributed by atoms with Crippen LogP contribution in [-0.4, -0.2) is 59.7 Å². The van der Waals surface area contributed by atoms with Crippen LogP contribution in [-0.2, 0) is 16.0 Å². The first kappa shape index (κ1) is 25.1. The summed E-state index contributed by atoms with van der Waals surface area (Å²) in [4.78, 5) is 42.3. The molecule has 1 aliphatic heterocycles. The van der Waals surface area contributed by atoms with E-state index < -0.39 is 11.9 Å². The number of piperazine rings is 1. The standard InChI is InChI=1S/C25H29Cl2N3O3/c1-17(2)14-23(31)29-10-12-30(13-11-29)25(33)22(15-18-6-4-3-5-7-18)28-24(32)20-9-8-19(26)16-21(20)27/h3-9,16-17,22H,10-15H2,1-2H3,(H,28,32)/t22-/m1/s1. The molecule has 0 bridgehead atoms. The lowest BCUT2D eigenvalue weighted by molar-refractivity contribution is -0.141. The summed E-state index contributed by atoms with van der Waals surface area (Å²) in [5, 5.41) is 3.52. The van der Waals surface area contributed by atoms with Crippen LogP contribution in [0.2, 0.25) is 10.0 Å². The monoisotopic (exact) mass is 489 g/mol. The Balaban J connectivity index is 1.72. The van der Waals surface area contributed by atoms with Gasteiger partial charge in [0, 0.05) is 44.0 Å². The van der Waals surface area contributed by atoms with Gasteiger partial charge in [0.15, 0.2) is 0 Å². The Hall–Kier alpha value is -2.57. The highest BCUT2D eigenvalue weighted by Crippen LogP contribution is 2.21. The predicted octanol–water partition coefficient (Wildman–Crippen LogP) is 4.05. The molecule has 1 aliphatic rings. The summed E-state index contributed by atoms with van der Waals surface area (Å²) in [5.74, 6) is -0.198. The van der Waals surface area contributed by atoms with E-state index in [2.05, 4.69) is 5.32 Å². The molecule has 0 saturated carbocycles. The van der Waals surface area contributed by atoms with E-state index in [1.807, 2.05) is 49.1 Å². The lowest BCUT2D eigenvalue weighted by Gasteiger charge is -2.37. The highest BCUT2D eigenvalue weighted by molar-refractivity contribution is 6.36. The van der Waals surface area contributed by atoms with E-state index in [4.69, 9.17) is 23.2 Å². The molecule has 0 radical (unpaired) electrons. The van der Waals surface area contributed by atoms with Crippen LogP contribution in [0.1, 0.15) is 36.2 Å². The summed E-state index contributed by atoms with van der Waals surface area (Å²) in [5.41, 5.74) is 1.19. The number of halogens is 2. The maximum absolute atomic E-state index is 13.4. The molecule has 3 amide bonds. The Bertz CT molecular complexity index is 990. The van der Waals surface area contributed by atoms with Gasteiger partial charge in [-0.25, -0.2) is 0 Å². The minimum atomic E-state index is -0.760. The summed E-state index contributed by atoms with van der Waals surface area (Å²) in [6, 6.07) is 13.4. The second-order valence-electron chi connectivity index (χ2n) is 8.64. The third-order valence-corrected chi connectivity index (χ3v) is 6.14. The minimum absolute atomic E-state index is 0.114. The molecule has 0 aromatic heterocycles. The number of carbonyl (C=O) groups is 3.